The van der Waals surface area contributed by atoms with Gasteiger partial charge in [0.25, 0.3) is 0 Å². The van der Waals surface area contributed by atoms with Crippen molar-refractivity contribution in [2.24, 2.45) is 17.1 Å². The van der Waals surface area contributed by atoms with Crippen molar-refractivity contribution in [3.63, 3.8) is 0 Å². The number of hydrogen-bond donors (Lipinski definition) is 1. The molecule has 88 valence electrons. The standard InChI is InChI=1S/C12H23NO2/c1-10(8-13)11-2-3-12(9-15-11)4-6-14-7-5-12/h10-11H,2-9,13H2,1H3. The van der Waals surface area contributed by atoms with Gasteiger partial charge < -0.3 is 15.2 Å². The quantitative estimate of drug-likeness (QED) is 0.757. The van der Waals surface area contributed by atoms with Gasteiger partial charge in [0.2, 0.25) is 0 Å². The van der Waals surface area contributed by atoms with Crippen LogP contribution in [0.25, 0.3) is 0 Å². The molecule has 15 heavy (non-hydrogen) atoms. The molecule has 0 amide bonds. The maximum atomic E-state index is 5.99. The number of rotatable bonds is 2. The van der Waals surface area contributed by atoms with Crippen LogP contribution in [0.4, 0.5) is 0 Å². The van der Waals surface area contributed by atoms with E-state index >= 15 is 0 Å². The second-order valence-corrected chi connectivity index (χ2v) is 5.21. The first-order valence-corrected chi connectivity index (χ1v) is 6.15. The van der Waals surface area contributed by atoms with Crippen LogP contribution in [0.2, 0.25) is 0 Å². The van der Waals surface area contributed by atoms with Crippen LogP contribution in [-0.2, 0) is 9.47 Å². The van der Waals surface area contributed by atoms with Crippen molar-refractivity contribution in [1.82, 2.24) is 0 Å². The Morgan fingerprint density at radius 1 is 1.33 bits per heavy atom. The fourth-order valence-corrected chi connectivity index (χ4v) is 2.69. The Bertz CT molecular complexity index is 192. The molecule has 2 aliphatic heterocycles. The zero-order chi connectivity index (χ0) is 10.7. The van der Waals surface area contributed by atoms with Gasteiger partial charge in [0.05, 0.1) is 12.7 Å². The molecule has 0 bridgehead atoms. The summed E-state index contributed by atoms with van der Waals surface area (Å²) in [5.41, 5.74) is 6.11. The predicted octanol–water partition coefficient (Wildman–Crippen LogP) is 1.56. The van der Waals surface area contributed by atoms with Crippen molar-refractivity contribution in [3.05, 3.63) is 0 Å². The van der Waals surface area contributed by atoms with Gasteiger partial charge in [-0.2, -0.15) is 0 Å². The molecule has 3 nitrogen and oxygen atoms in total. The largest absolute Gasteiger partial charge is 0.381 e. The van der Waals surface area contributed by atoms with Gasteiger partial charge in [-0.25, -0.2) is 0 Å². The summed E-state index contributed by atoms with van der Waals surface area (Å²) in [7, 11) is 0. The maximum Gasteiger partial charge on any atom is 0.0613 e. The van der Waals surface area contributed by atoms with E-state index in [-0.39, 0.29) is 0 Å². The lowest BCUT2D eigenvalue weighted by molar-refractivity contribution is -0.117. The molecule has 2 aliphatic rings. The van der Waals surface area contributed by atoms with Crippen LogP contribution in [0, 0.1) is 11.3 Å². The van der Waals surface area contributed by atoms with Crippen molar-refractivity contribution in [2.45, 2.75) is 38.7 Å². The first-order chi connectivity index (χ1) is 7.26. The van der Waals surface area contributed by atoms with Gasteiger partial charge >= 0.3 is 0 Å². The lowest BCUT2D eigenvalue weighted by Crippen LogP contribution is -2.43. The highest BCUT2D eigenvalue weighted by molar-refractivity contribution is 4.87. The third-order valence-electron chi connectivity index (χ3n) is 4.12. The Kier molecular flexibility index (Phi) is 3.65. The Morgan fingerprint density at radius 3 is 2.60 bits per heavy atom. The van der Waals surface area contributed by atoms with E-state index in [2.05, 4.69) is 6.92 Å². The van der Waals surface area contributed by atoms with Crippen LogP contribution in [-0.4, -0.2) is 32.5 Å². The predicted molar refractivity (Wildman–Crippen MR) is 59.7 cm³/mol. The molecule has 2 rings (SSSR count). The minimum absolute atomic E-state index is 0.392. The van der Waals surface area contributed by atoms with E-state index in [4.69, 9.17) is 15.2 Å². The van der Waals surface area contributed by atoms with Crippen LogP contribution in [0.15, 0.2) is 0 Å². The summed E-state index contributed by atoms with van der Waals surface area (Å²) < 4.78 is 11.4. The van der Waals surface area contributed by atoms with E-state index in [1.807, 2.05) is 0 Å². The fourth-order valence-electron chi connectivity index (χ4n) is 2.69. The van der Waals surface area contributed by atoms with Crippen molar-refractivity contribution in [1.29, 1.82) is 0 Å². The summed E-state index contributed by atoms with van der Waals surface area (Å²) in [5.74, 6) is 0.502. The van der Waals surface area contributed by atoms with Gasteiger partial charge in [-0.1, -0.05) is 6.92 Å². The molecule has 2 N–H and O–H groups in total. The van der Waals surface area contributed by atoms with Crippen molar-refractivity contribution >= 4 is 0 Å². The van der Waals surface area contributed by atoms with Gasteiger partial charge in [0, 0.05) is 13.2 Å². The molecule has 0 saturated carbocycles. The van der Waals surface area contributed by atoms with Gasteiger partial charge in [0.1, 0.15) is 0 Å². The summed E-state index contributed by atoms with van der Waals surface area (Å²) in [6.45, 7) is 5.68. The van der Waals surface area contributed by atoms with Crippen molar-refractivity contribution in [3.8, 4) is 0 Å². The van der Waals surface area contributed by atoms with Crippen LogP contribution < -0.4 is 5.73 Å². The molecular formula is C12H23NO2. The highest BCUT2D eigenvalue weighted by Crippen LogP contribution is 2.40. The van der Waals surface area contributed by atoms with E-state index in [1.165, 1.54) is 25.7 Å². The molecule has 0 radical (unpaired) electrons. The zero-order valence-electron chi connectivity index (χ0n) is 9.71. The summed E-state index contributed by atoms with van der Waals surface area (Å²) in [5, 5.41) is 0. The first kappa shape index (κ1) is 11.4. The average molecular weight is 213 g/mol. The zero-order valence-corrected chi connectivity index (χ0v) is 9.71. The lowest BCUT2D eigenvalue weighted by atomic mass is 9.74. The molecule has 2 atom stereocenters. The fraction of sp³-hybridized carbons (Fsp3) is 1.00. The molecule has 0 aliphatic carbocycles. The molecule has 0 aromatic heterocycles. The van der Waals surface area contributed by atoms with Crippen molar-refractivity contribution < 1.29 is 9.47 Å². The summed E-state index contributed by atoms with van der Waals surface area (Å²) in [6.07, 6.45) is 5.22. The third kappa shape index (κ3) is 2.52. The van der Waals surface area contributed by atoms with E-state index < -0.39 is 0 Å². The molecule has 0 aromatic rings. The van der Waals surface area contributed by atoms with Crippen molar-refractivity contribution in [2.75, 3.05) is 26.4 Å². The number of ether oxygens (including phenoxy) is 2. The Hall–Kier alpha value is -0.120. The molecule has 2 heterocycles. The topological polar surface area (TPSA) is 44.5 Å². The summed E-state index contributed by atoms with van der Waals surface area (Å²) in [6, 6.07) is 0. The Labute approximate surface area is 92.3 Å². The highest BCUT2D eigenvalue weighted by Gasteiger charge is 2.38. The second kappa shape index (κ2) is 4.81. The maximum absolute atomic E-state index is 5.99. The monoisotopic (exact) mass is 213 g/mol. The molecule has 2 fully saturated rings. The molecule has 2 saturated heterocycles. The van der Waals surface area contributed by atoms with Crippen LogP contribution in [0.5, 0.6) is 0 Å². The molecule has 1 spiro atoms. The van der Waals surface area contributed by atoms with E-state index in [9.17, 15) is 0 Å². The minimum Gasteiger partial charge on any atom is -0.381 e. The van der Waals surface area contributed by atoms with Crippen LogP contribution >= 0.6 is 0 Å². The SMILES string of the molecule is CC(CN)C1CCC2(CCOCC2)CO1. The molecular weight excluding hydrogens is 190 g/mol. The summed E-state index contributed by atoms with van der Waals surface area (Å²) in [4.78, 5) is 0. The average Bonchev–Trinajstić information content (AvgIpc) is 2.30. The van der Waals surface area contributed by atoms with E-state index in [0.717, 1.165) is 26.4 Å². The highest BCUT2D eigenvalue weighted by atomic mass is 16.5. The molecule has 0 aromatic carbocycles. The van der Waals surface area contributed by atoms with Crippen LogP contribution in [0.1, 0.15) is 32.6 Å². The van der Waals surface area contributed by atoms with Gasteiger partial charge in [-0.3, -0.25) is 0 Å². The number of nitrogens with two attached hydrogens (primary N) is 1. The molecule has 2 unspecified atom stereocenters. The number of hydrogen-bond acceptors (Lipinski definition) is 3. The smallest absolute Gasteiger partial charge is 0.0613 e. The van der Waals surface area contributed by atoms with Gasteiger partial charge in [0.15, 0.2) is 0 Å². The Balaban J connectivity index is 1.85. The summed E-state index contributed by atoms with van der Waals surface area (Å²) >= 11 is 0. The normalized spacial score (nSPS) is 32.8. The second-order valence-electron chi connectivity index (χ2n) is 5.21. The van der Waals surface area contributed by atoms with Crippen LogP contribution in [0.3, 0.4) is 0 Å². The van der Waals surface area contributed by atoms with Gasteiger partial charge in [-0.05, 0) is 43.6 Å². The molecule has 3 heteroatoms. The third-order valence-corrected chi connectivity index (χ3v) is 4.12. The van der Waals surface area contributed by atoms with E-state index in [0.29, 0.717) is 17.4 Å². The van der Waals surface area contributed by atoms with Gasteiger partial charge in [-0.15, -0.1) is 0 Å². The lowest BCUT2D eigenvalue weighted by Gasteiger charge is -2.43. The minimum atomic E-state index is 0.392. The first-order valence-electron chi connectivity index (χ1n) is 6.15. The Morgan fingerprint density at radius 2 is 2.07 bits per heavy atom. The van der Waals surface area contributed by atoms with E-state index in [1.54, 1.807) is 0 Å².